The Bertz CT molecular complexity index is 474. The second-order valence-electron chi connectivity index (χ2n) is 3.03. The highest BCUT2D eigenvalue weighted by Crippen LogP contribution is 2.15. The fourth-order valence-corrected chi connectivity index (χ4v) is 1.74. The number of aromatic nitrogens is 2. The van der Waals surface area contributed by atoms with Gasteiger partial charge in [0.1, 0.15) is 11.4 Å². The Morgan fingerprint density at radius 1 is 1.67 bits per heavy atom. The van der Waals surface area contributed by atoms with Gasteiger partial charge in [-0.2, -0.15) is 16.4 Å². The third-order valence-electron chi connectivity index (χ3n) is 2.01. The summed E-state index contributed by atoms with van der Waals surface area (Å²) in [7, 11) is 1.69. The number of thiophene rings is 1. The smallest absolute Gasteiger partial charge is 0.261 e. The molecule has 0 saturated carbocycles. The summed E-state index contributed by atoms with van der Waals surface area (Å²) < 4.78 is 1.46. The first kappa shape index (κ1) is 9.72. The maximum Gasteiger partial charge on any atom is 0.261 e. The van der Waals surface area contributed by atoms with Crippen LogP contribution in [0.1, 0.15) is 10.4 Å². The van der Waals surface area contributed by atoms with E-state index in [0.717, 1.165) is 5.69 Å². The molecule has 0 aliphatic heterocycles. The first-order valence-electron chi connectivity index (χ1n) is 4.29. The number of aryl methyl sites for hydroxylation is 1. The number of nitrogen functional groups attached to an aromatic ring is 1. The summed E-state index contributed by atoms with van der Waals surface area (Å²) in [4.78, 5) is 11.7. The Balaban J connectivity index is 2.19. The lowest BCUT2D eigenvalue weighted by Crippen LogP contribution is -2.13. The lowest BCUT2D eigenvalue weighted by atomic mass is 10.3. The molecule has 0 atom stereocenters. The molecule has 0 bridgehead atoms. The van der Waals surface area contributed by atoms with Gasteiger partial charge in [0.15, 0.2) is 0 Å². The maximum absolute atomic E-state index is 11.7. The number of hydrogen-bond donors (Lipinski definition) is 2. The Kier molecular flexibility index (Phi) is 2.42. The van der Waals surface area contributed by atoms with E-state index in [0.29, 0.717) is 11.4 Å². The molecule has 1 amide bonds. The lowest BCUT2D eigenvalue weighted by Gasteiger charge is -2.01. The van der Waals surface area contributed by atoms with Crippen LogP contribution in [0.3, 0.4) is 0 Å². The molecule has 78 valence electrons. The van der Waals surface area contributed by atoms with Crippen LogP contribution in [0.25, 0.3) is 0 Å². The van der Waals surface area contributed by atoms with Crippen LogP contribution in [-0.2, 0) is 7.05 Å². The predicted molar refractivity (Wildman–Crippen MR) is 59.9 cm³/mol. The first-order valence-corrected chi connectivity index (χ1v) is 5.24. The largest absolute Gasteiger partial charge is 0.383 e. The summed E-state index contributed by atoms with van der Waals surface area (Å²) in [5.41, 5.74) is 6.84. The molecular weight excluding hydrogens is 212 g/mol. The number of nitrogens with two attached hydrogens (primary N) is 1. The predicted octanol–water partition coefficient (Wildman–Crippen LogP) is 1.32. The van der Waals surface area contributed by atoms with Gasteiger partial charge in [-0.1, -0.05) is 0 Å². The van der Waals surface area contributed by atoms with Crippen molar-refractivity contribution in [1.29, 1.82) is 0 Å². The van der Waals surface area contributed by atoms with Gasteiger partial charge in [0.2, 0.25) is 0 Å². The van der Waals surface area contributed by atoms with Crippen LogP contribution in [0.15, 0.2) is 23.0 Å². The van der Waals surface area contributed by atoms with Gasteiger partial charge in [0.05, 0.1) is 11.9 Å². The zero-order chi connectivity index (χ0) is 10.8. The van der Waals surface area contributed by atoms with Gasteiger partial charge in [-0.3, -0.25) is 9.48 Å². The number of rotatable bonds is 2. The van der Waals surface area contributed by atoms with Gasteiger partial charge >= 0.3 is 0 Å². The molecule has 0 fully saturated rings. The maximum atomic E-state index is 11.7. The van der Waals surface area contributed by atoms with Gasteiger partial charge < -0.3 is 11.1 Å². The summed E-state index contributed by atoms with van der Waals surface area (Å²) in [5, 5.41) is 10.4. The fraction of sp³-hybridized carbons (Fsp3) is 0.111. The molecule has 3 N–H and O–H groups in total. The number of nitrogens with one attached hydrogen (secondary N) is 1. The Hall–Kier alpha value is -1.82. The minimum Gasteiger partial charge on any atom is -0.383 e. The van der Waals surface area contributed by atoms with E-state index in [4.69, 9.17) is 5.73 Å². The van der Waals surface area contributed by atoms with Crippen LogP contribution >= 0.6 is 11.3 Å². The summed E-state index contributed by atoms with van der Waals surface area (Å²) in [6.45, 7) is 0. The Morgan fingerprint density at radius 3 is 3.00 bits per heavy atom. The third kappa shape index (κ3) is 1.84. The molecule has 2 heterocycles. The van der Waals surface area contributed by atoms with Crippen molar-refractivity contribution in [3.8, 4) is 0 Å². The minimum absolute atomic E-state index is 0.237. The van der Waals surface area contributed by atoms with Gasteiger partial charge in [-0.05, 0) is 11.4 Å². The monoisotopic (exact) mass is 222 g/mol. The zero-order valence-electron chi connectivity index (χ0n) is 8.10. The quantitative estimate of drug-likeness (QED) is 0.804. The lowest BCUT2D eigenvalue weighted by molar-refractivity contribution is 0.102. The van der Waals surface area contributed by atoms with E-state index in [1.54, 1.807) is 7.05 Å². The average Bonchev–Trinajstić information content (AvgIpc) is 2.79. The Labute approximate surface area is 90.5 Å². The molecule has 0 saturated heterocycles. The number of anilines is 2. The van der Waals surface area contributed by atoms with E-state index in [2.05, 4.69) is 10.4 Å². The molecule has 0 spiro atoms. The summed E-state index contributed by atoms with van der Waals surface area (Å²) >= 11 is 1.52. The van der Waals surface area contributed by atoms with Crippen LogP contribution in [0, 0.1) is 0 Å². The van der Waals surface area contributed by atoms with E-state index in [1.165, 1.54) is 22.2 Å². The molecule has 5 nitrogen and oxygen atoms in total. The number of nitrogens with zero attached hydrogens (tertiary/aromatic N) is 2. The van der Waals surface area contributed by atoms with Crippen LogP contribution in [-0.4, -0.2) is 15.7 Å². The van der Waals surface area contributed by atoms with Gasteiger partial charge in [0.25, 0.3) is 5.91 Å². The van der Waals surface area contributed by atoms with E-state index in [1.807, 2.05) is 16.8 Å². The molecule has 0 aliphatic carbocycles. The van der Waals surface area contributed by atoms with Crippen molar-refractivity contribution in [3.63, 3.8) is 0 Å². The first-order chi connectivity index (χ1) is 7.18. The van der Waals surface area contributed by atoms with Crippen LogP contribution < -0.4 is 11.1 Å². The highest BCUT2D eigenvalue weighted by Gasteiger charge is 2.13. The molecule has 0 aliphatic rings. The molecule has 2 aromatic rings. The highest BCUT2D eigenvalue weighted by molar-refractivity contribution is 7.08. The molecule has 15 heavy (non-hydrogen) atoms. The molecule has 2 aromatic heterocycles. The van der Waals surface area contributed by atoms with E-state index in [9.17, 15) is 4.79 Å². The summed E-state index contributed by atoms with van der Waals surface area (Å²) in [6, 6.07) is 1.83. The topological polar surface area (TPSA) is 72.9 Å². The van der Waals surface area contributed by atoms with Crippen LogP contribution in [0.2, 0.25) is 0 Å². The average molecular weight is 222 g/mol. The van der Waals surface area contributed by atoms with Crippen molar-refractivity contribution >= 4 is 28.7 Å². The van der Waals surface area contributed by atoms with Crippen LogP contribution in [0.5, 0.6) is 0 Å². The second-order valence-corrected chi connectivity index (χ2v) is 3.81. The van der Waals surface area contributed by atoms with Crippen molar-refractivity contribution in [2.24, 2.45) is 7.05 Å². The van der Waals surface area contributed by atoms with Crippen molar-refractivity contribution in [2.75, 3.05) is 11.1 Å². The van der Waals surface area contributed by atoms with Crippen molar-refractivity contribution in [2.45, 2.75) is 0 Å². The fourth-order valence-electron chi connectivity index (χ4n) is 1.16. The molecule has 2 rings (SSSR count). The van der Waals surface area contributed by atoms with E-state index in [-0.39, 0.29) is 5.91 Å². The van der Waals surface area contributed by atoms with Gasteiger partial charge in [-0.15, -0.1) is 0 Å². The number of hydrogen-bond acceptors (Lipinski definition) is 4. The zero-order valence-corrected chi connectivity index (χ0v) is 8.91. The van der Waals surface area contributed by atoms with Gasteiger partial charge in [-0.25, -0.2) is 0 Å². The molecule has 6 heteroatoms. The second kappa shape index (κ2) is 3.74. The molecular formula is C9H10N4OS. The standard InChI is InChI=1S/C9H10N4OS/c1-13-8(10)7(4-11-13)9(14)12-6-2-3-15-5-6/h2-5H,10H2,1H3,(H,12,14). The normalized spacial score (nSPS) is 10.2. The van der Waals surface area contributed by atoms with E-state index < -0.39 is 0 Å². The number of carbonyl (C=O) groups is 1. The molecule has 0 radical (unpaired) electrons. The SMILES string of the molecule is Cn1ncc(C(=O)Nc2ccsc2)c1N. The van der Waals surface area contributed by atoms with Crippen molar-refractivity contribution in [3.05, 3.63) is 28.6 Å². The van der Waals surface area contributed by atoms with Crippen molar-refractivity contribution in [1.82, 2.24) is 9.78 Å². The minimum atomic E-state index is -0.237. The van der Waals surface area contributed by atoms with Crippen LogP contribution in [0.4, 0.5) is 11.5 Å². The summed E-state index contributed by atoms with van der Waals surface area (Å²) in [6.07, 6.45) is 1.46. The molecule has 0 unspecified atom stereocenters. The van der Waals surface area contributed by atoms with Gasteiger partial charge in [0, 0.05) is 12.4 Å². The molecule has 0 aromatic carbocycles. The third-order valence-corrected chi connectivity index (χ3v) is 2.69. The summed E-state index contributed by atoms with van der Waals surface area (Å²) in [5.74, 6) is 0.127. The van der Waals surface area contributed by atoms with E-state index >= 15 is 0 Å². The Morgan fingerprint density at radius 2 is 2.47 bits per heavy atom. The number of amides is 1. The number of carbonyl (C=O) groups excluding carboxylic acids is 1. The van der Waals surface area contributed by atoms with Crippen molar-refractivity contribution < 1.29 is 4.79 Å². The highest BCUT2D eigenvalue weighted by atomic mass is 32.1.